The summed E-state index contributed by atoms with van der Waals surface area (Å²) in [5.74, 6) is -2.54. The molecular formula is C12H8ClFN2O3. The van der Waals surface area contributed by atoms with Gasteiger partial charge in [0.25, 0.3) is 5.88 Å². The van der Waals surface area contributed by atoms with Crippen LogP contribution in [-0.2, 0) is 0 Å². The number of halogens is 2. The first kappa shape index (κ1) is 13.2. The maximum Gasteiger partial charge on any atom is 0.341 e. The van der Waals surface area contributed by atoms with Crippen LogP contribution in [0, 0.1) is 12.7 Å². The van der Waals surface area contributed by atoms with Gasteiger partial charge in [0.1, 0.15) is 5.56 Å². The second kappa shape index (κ2) is 5.19. The Morgan fingerprint density at radius 1 is 1.42 bits per heavy atom. The van der Waals surface area contributed by atoms with E-state index in [0.29, 0.717) is 5.69 Å². The molecule has 0 saturated carbocycles. The lowest BCUT2D eigenvalue weighted by Crippen LogP contribution is -2.05. The predicted octanol–water partition coefficient (Wildman–Crippen LogP) is 3.07. The van der Waals surface area contributed by atoms with E-state index in [-0.39, 0.29) is 22.2 Å². The molecule has 19 heavy (non-hydrogen) atoms. The van der Waals surface area contributed by atoms with Gasteiger partial charge in [-0.15, -0.1) is 5.10 Å². The Morgan fingerprint density at radius 2 is 2.16 bits per heavy atom. The average Bonchev–Trinajstić information content (AvgIpc) is 2.36. The van der Waals surface area contributed by atoms with E-state index in [1.807, 2.05) is 0 Å². The lowest BCUT2D eigenvalue weighted by Gasteiger charge is -2.08. The molecule has 2 aromatic rings. The molecule has 1 heterocycles. The van der Waals surface area contributed by atoms with Crippen LogP contribution in [0.3, 0.4) is 0 Å². The van der Waals surface area contributed by atoms with Crippen molar-refractivity contribution in [3.63, 3.8) is 0 Å². The van der Waals surface area contributed by atoms with Gasteiger partial charge in [-0.3, -0.25) is 0 Å². The number of ether oxygens (including phenoxy) is 1. The molecule has 0 aliphatic heterocycles. The zero-order chi connectivity index (χ0) is 14.0. The van der Waals surface area contributed by atoms with Crippen molar-refractivity contribution in [3.05, 3.63) is 46.4 Å². The number of carboxylic acid groups (broad SMARTS) is 1. The van der Waals surface area contributed by atoms with Gasteiger partial charge < -0.3 is 9.84 Å². The molecule has 0 spiro atoms. The highest BCUT2D eigenvalue weighted by molar-refractivity contribution is 6.30. The van der Waals surface area contributed by atoms with Crippen molar-refractivity contribution in [1.82, 2.24) is 10.2 Å². The van der Waals surface area contributed by atoms with Gasteiger partial charge in [-0.05, 0) is 25.1 Å². The molecule has 0 aliphatic carbocycles. The van der Waals surface area contributed by atoms with Crippen molar-refractivity contribution in [2.24, 2.45) is 0 Å². The van der Waals surface area contributed by atoms with Crippen LogP contribution in [0.4, 0.5) is 4.39 Å². The van der Waals surface area contributed by atoms with Crippen molar-refractivity contribution < 1.29 is 19.0 Å². The van der Waals surface area contributed by atoms with E-state index in [1.54, 1.807) is 6.92 Å². The molecule has 1 aromatic carbocycles. The molecule has 1 N–H and O–H groups in total. The van der Waals surface area contributed by atoms with Gasteiger partial charge in [0.2, 0.25) is 0 Å². The van der Waals surface area contributed by atoms with Gasteiger partial charge in [-0.25, -0.2) is 9.18 Å². The number of rotatable bonds is 3. The molecule has 98 valence electrons. The number of hydrogen-bond acceptors (Lipinski definition) is 4. The van der Waals surface area contributed by atoms with Crippen LogP contribution >= 0.6 is 11.6 Å². The number of benzene rings is 1. The van der Waals surface area contributed by atoms with Gasteiger partial charge in [-0.1, -0.05) is 17.7 Å². The zero-order valence-electron chi connectivity index (χ0n) is 9.72. The van der Waals surface area contributed by atoms with Crippen molar-refractivity contribution in [2.45, 2.75) is 6.92 Å². The highest BCUT2D eigenvalue weighted by Gasteiger charge is 2.17. The highest BCUT2D eigenvalue weighted by Crippen LogP contribution is 2.29. The fraction of sp³-hybridized carbons (Fsp3) is 0.0833. The highest BCUT2D eigenvalue weighted by atomic mass is 35.5. The first-order valence-electron chi connectivity index (χ1n) is 5.18. The number of aromatic nitrogens is 2. The van der Waals surface area contributed by atoms with Crippen LogP contribution in [0.1, 0.15) is 16.1 Å². The Labute approximate surface area is 112 Å². The fourth-order valence-corrected chi connectivity index (χ4v) is 1.54. The summed E-state index contributed by atoms with van der Waals surface area (Å²) < 4.78 is 18.8. The Balaban J connectivity index is 2.44. The Morgan fingerprint density at radius 3 is 2.84 bits per heavy atom. The van der Waals surface area contributed by atoms with Gasteiger partial charge in [0, 0.05) is 0 Å². The van der Waals surface area contributed by atoms with Gasteiger partial charge >= 0.3 is 5.97 Å². The normalized spacial score (nSPS) is 10.3. The van der Waals surface area contributed by atoms with Crippen LogP contribution in [0.25, 0.3) is 0 Å². The van der Waals surface area contributed by atoms with Crippen molar-refractivity contribution in [1.29, 1.82) is 0 Å². The Bertz CT molecular complexity index is 649. The maximum absolute atomic E-state index is 13.6. The smallest absolute Gasteiger partial charge is 0.341 e. The summed E-state index contributed by atoms with van der Waals surface area (Å²) in [5.41, 5.74) is 0.211. The third-order valence-electron chi connectivity index (χ3n) is 2.24. The van der Waals surface area contributed by atoms with Gasteiger partial charge in [0.05, 0.1) is 10.7 Å². The van der Waals surface area contributed by atoms with E-state index in [0.717, 1.165) is 0 Å². The van der Waals surface area contributed by atoms with E-state index >= 15 is 0 Å². The maximum atomic E-state index is 13.6. The van der Waals surface area contributed by atoms with Gasteiger partial charge in [0.15, 0.2) is 11.6 Å². The second-order valence-electron chi connectivity index (χ2n) is 3.66. The van der Waals surface area contributed by atoms with Crippen LogP contribution in [-0.4, -0.2) is 21.3 Å². The van der Waals surface area contributed by atoms with Crippen LogP contribution < -0.4 is 4.74 Å². The molecule has 0 fully saturated rings. The molecule has 7 heteroatoms. The number of hydrogen-bond donors (Lipinski definition) is 1. The minimum atomic E-state index is -1.24. The molecule has 0 aliphatic rings. The van der Waals surface area contributed by atoms with Crippen LogP contribution in [0.15, 0.2) is 24.3 Å². The summed E-state index contributed by atoms with van der Waals surface area (Å²) in [7, 11) is 0. The molecule has 0 unspecified atom stereocenters. The molecule has 0 saturated heterocycles. The lowest BCUT2D eigenvalue weighted by atomic mass is 10.2. The van der Waals surface area contributed by atoms with E-state index in [9.17, 15) is 9.18 Å². The summed E-state index contributed by atoms with van der Waals surface area (Å²) in [6.45, 7) is 1.59. The molecule has 0 atom stereocenters. The van der Waals surface area contributed by atoms with Crippen molar-refractivity contribution in [3.8, 4) is 11.6 Å². The molecule has 0 bridgehead atoms. The lowest BCUT2D eigenvalue weighted by molar-refractivity contribution is 0.0692. The summed E-state index contributed by atoms with van der Waals surface area (Å²) in [4.78, 5) is 11.0. The van der Waals surface area contributed by atoms with Crippen molar-refractivity contribution >= 4 is 17.6 Å². The third-order valence-corrected chi connectivity index (χ3v) is 2.53. The number of aryl methyl sites for hydroxylation is 1. The topological polar surface area (TPSA) is 72.3 Å². The minimum Gasteiger partial charge on any atom is -0.477 e. The van der Waals surface area contributed by atoms with Gasteiger partial charge in [-0.2, -0.15) is 5.10 Å². The second-order valence-corrected chi connectivity index (χ2v) is 4.07. The number of carboxylic acids is 1. The Kier molecular flexibility index (Phi) is 3.62. The quantitative estimate of drug-likeness (QED) is 0.936. The first-order chi connectivity index (χ1) is 8.99. The van der Waals surface area contributed by atoms with E-state index in [2.05, 4.69) is 10.2 Å². The van der Waals surface area contributed by atoms with Crippen molar-refractivity contribution in [2.75, 3.05) is 0 Å². The van der Waals surface area contributed by atoms with E-state index < -0.39 is 11.8 Å². The standard InChI is InChI=1S/C12H8ClFN2O3/c1-6-5-7(12(17)18)11(16-15-6)19-9-4-2-3-8(13)10(9)14/h2-5H,1H3,(H,17,18). The predicted molar refractivity (Wildman–Crippen MR) is 65.2 cm³/mol. The average molecular weight is 283 g/mol. The summed E-state index contributed by atoms with van der Waals surface area (Å²) >= 11 is 5.60. The third kappa shape index (κ3) is 2.79. The summed E-state index contributed by atoms with van der Waals surface area (Å²) in [6.07, 6.45) is 0. The zero-order valence-corrected chi connectivity index (χ0v) is 10.5. The summed E-state index contributed by atoms with van der Waals surface area (Å²) in [6, 6.07) is 5.42. The molecule has 0 radical (unpaired) electrons. The molecular weight excluding hydrogens is 275 g/mol. The number of aromatic carboxylic acids is 1. The van der Waals surface area contributed by atoms with Crippen LogP contribution in [0.2, 0.25) is 5.02 Å². The molecule has 1 aromatic heterocycles. The fourth-order valence-electron chi connectivity index (χ4n) is 1.37. The summed E-state index contributed by atoms with van der Waals surface area (Å²) in [5, 5.41) is 16.2. The van der Waals surface area contributed by atoms with Crippen LogP contribution in [0.5, 0.6) is 11.6 Å². The monoisotopic (exact) mass is 282 g/mol. The first-order valence-corrected chi connectivity index (χ1v) is 5.56. The number of carbonyl (C=O) groups is 1. The largest absolute Gasteiger partial charge is 0.477 e. The minimum absolute atomic E-state index is 0.130. The molecule has 2 rings (SSSR count). The SMILES string of the molecule is Cc1cc(C(=O)O)c(Oc2cccc(Cl)c2F)nn1. The van der Waals surface area contributed by atoms with E-state index in [4.69, 9.17) is 21.4 Å². The molecule has 0 amide bonds. The van der Waals surface area contributed by atoms with E-state index in [1.165, 1.54) is 24.3 Å². The number of nitrogens with zero attached hydrogens (tertiary/aromatic N) is 2. The Hall–Kier alpha value is -2.21. The molecule has 5 nitrogen and oxygen atoms in total.